The summed E-state index contributed by atoms with van der Waals surface area (Å²) in [5, 5.41) is 22.0. The maximum atomic E-state index is 13.8. The predicted molar refractivity (Wildman–Crippen MR) is 127 cm³/mol. The summed E-state index contributed by atoms with van der Waals surface area (Å²) in [6.07, 6.45) is 7.01. The number of rotatable bonds is 7. The molecule has 2 fully saturated rings. The quantitative estimate of drug-likeness (QED) is 0.644. The third-order valence-electron chi connectivity index (χ3n) is 6.87. The molecule has 1 saturated carbocycles. The fourth-order valence-electron chi connectivity index (χ4n) is 4.66. The van der Waals surface area contributed by atoms with Crippen molar-refractivity contribution in [1.29, 1.82) is 0 Å². The van der Waals surface area contributed by atoms with Gasteiger partial charge in [-0.05, 0) is 36.0 Å². The molecule has 3 atom stereocenters. The number of hydrogen-bond acceptors (Lipinski definition) is 6. The second-order valence-corrected chi connectivity index (χ2v) is 11.4. The van der Waals surface area contributed by atoms with E-state index in [2.05, 4.69) is 20.6 Å². The van der Waals surface area contributed by atoms with Crippen LogP contribution in [0.5, 0.6) is 0 Å². The number of hydrogen-bond donors (Lipinski definition) is 2. The Kier molecular flexibility index (Phi) is 6.50. The zero-order valence-electron chi connectivity index (χ0n) is 20.7. The third kappa shape index (κ3) is 5.14. The highest BCUT2D eigenvalue weighted by Gasteiger charge is 2.45. The number of β-amino-alcohol motifs (C(OH)–C–C–N with tert-alkyl or cyclic N) is 1. The molecule has 2 amide bonds. The topological polar surface area (TPSA) is 113 Å². The number of nitrogens with one attached hydrogen (secondary N) is 1. The number of aliphatic hydroxyl groups excluding tert-OH is 1. The van der Waals surface area contributed by atoms with Gasteiger partial charge in [-0.1, -0.05) is 39.8 Å². The van der Waals surface area contributed by atoms with Gasteiger partial charge >= 0.3 is 0 Å². The van der Waals surface area contributed by atoms with Gasteiger partial charge in [0.05, 0.1) is 11.8 Å². The van der Waals surface area contributed by atoms with Gasteiger partial charge in [-0.15, -0.1) is 5.10 Å². The first-order chi connectivity index (χ1) is 16.0. The lowest BCUT2D eigenvalue weighted by Gasteiger charge is -2.35. The van der Waals surface area contributed by atoms with Crippen LogP contribution in [0.15, 0.2) is 30.7 Å². The van der Waals surface area contributed by atoms with Crippen LogP contribution in [0, 0.1) is 5.41 Å². The molecule has 2 N–H and O–H groups in total. The Bertz CT molecular complexity index is 1020. The van der Waals surface area contributed by atoms with Gasteiger partial charge in [-0.2, -0.15) is 0 Å². The summed E-state index contributed by atoms with van der Waals surface area (Å²) in [6, 6.07) is 2.51. The van der Waals surface area contributed by atoms with E-state index in [1.54, 1.807) is 17.1 Å². The smallest absolute Gasteiger partial charge is 0.248 e. The van der Waals surface area contributed by atoms with Gasteiger partial charge < -0.3 is 15.3 Å². The lowest BCUT2D eigenvalue weighted by molar-refractivity contribution is -0.144. The normalized spacial score (nSPS) is 22.0. The van der Waals surface area contributed by atoms with E-state index >= 15 is 0 Å². The van der Waals surface area contributed by atoms with Crippen molar-refractivity contribution >= 4 is 11.8 Å². The minimum Gasteiger partial charge on any atom is -0.391 e. The van der Waals surface area contributed by atoms with E-state index in [4.69, 9.17) is 0 Å². The van der Waals surface area contributed by atoms with E-state index in [0.717, 1.165) is 24.1 Å². The zero-order valence-corrected chi connectivity index (χ0v) is 20.7. The van der Waals surface area contributed by atoms with Gasteiger partial charge in [0.15, 0.2) is 0 Å². The molecule has 1 saturated heterocycles. The average Bonchev–Trinajstić information content (AvgIpc) is 3.39. The Morgan fingerprint density at radius 1 is 1.18 bits per heavy atom. The summed E-state index contributed by atoms with van der Waals surface area (Å²) in [5.74, 6) is -0.0397. The number of amides is 2. The van der Waals surface area contributed by atoms with Crippen LogP contribution in [0.2, 0.25) is 0 Å². The first-order valence-electron chi connectivity index (χ1n) is 12.1. The van der Waals surface area contributed by atoms with Crippen molar-refractivity contribution in [2.45, 2.75) is 83.4 Å². The van der Waals surface area contributed by atoms with Gasteiger partial charge in [0, 0.05) is 49.4 Å². The number of carbonyl (C=O) groups excluding carboxylic acids is 2. The van der Waals surface area contributed by atoms with Crippen molar-refractivity contribution in [2.75, 3.05) is 13.1 Å². The van der Waals surface area contributed by atoms with E-state index < -0.39 is 23.6 Å². The van der Waals surface area contributed by atoms with Crippen LogP contribution in [-0.4, -0.2) is 67.0 Å². The largest absolute Gasteiger partial charge is 0.391 e. The van der Waals surface area contributed by atoms with Crippen molar-refractivity contribution in [3.8, 4) is 0 Å². The summed E-state index contributed by atoms with van der Waals surface area (Å²) in [5.41, 5.74) is 1.21. The second kappa shape index (κ2) is 9.09. The summed E-state index contributed by atoms with van der Waals surface area (Å²) < 4.78 is 1.64. The Morgan fingerprint density at radius 3 is 2.47 bits per heavy atom. The Balaban J connectivity index is 1.50. The zero-order chi connectivity index (χ0) is 24.7. The van der Waals surface area contributed by atoms with Crippen LogP contribution in [0.3, 0.4) is 0 Å². The van der Waals surface area contributed by atoms with Crippen LogP contribution < -0.4 is 5.32 Å². The van der Waals surface area contributed by atoms with E-state index in [1.807, 2.05) is 52.9 Å². The second-order valence-electron chi connectivity index (χ2n) is 11.4. The lowest BCUT2D eigenvalue weighted by atomic mass is 9.85. The van der Waals surface area contributed by atoms with E-state index in [-0.39, 0.29) is 30.2 Å². The van der Waals surface area contributed by atoms with Gasteiger partial charge in [-0.25, -0.2) is 4.68 Å². The Hall–Kier alpha value is -2.81. The SMILES string of the molecule is CC(C)(CNC(=O)C1CC(O)CN1C(=O)[C@@H](n1cc(C2CC2)nn1)C(C)(C)C)c1ccncc1. The fourth-order valence-corrected chi connectivity index (χ4v) is 4.66. The lowest BCUT2D eigenvalue weighted by Crippen LogP contribution is -2.51. The molecular weight excluding hydrogens is 432 g/mol. The van der Waals surface area contributed by atoms with E-state index in [0.29, 0.717) is 12.5 Å². The van der Waals surface area contributed by atoms with Crippen molar-refractivity contribution in [1.82, 2.24) is 30.2 Å². The van der Waals surface area contributed by atoms with Crippen molar-refractivity contribution in [2.24, 2.45) is 5.41 Å². The van der Waals surface area contributed by atoms with Crippen LogP contribution in [0.1, 0.15) is 77.1 Å². The van der Waals surface area contributed by atoms with Gasteiger partial charge in [0.2, 0.25) is 11.8 Å². The van der Waals surface area contributed by atoms with Gasteiger partial charge in [-0.3, -0.25) is 14.6 Å². The summed E-state index contributed by atoms with van der Waals surface area (Å²) in [4.78, 5) is 32.6. The van der Waals surface area contributed by atoms with Crippen LogP contribution >= 0.6 is 0 Å². The molecule has 1 aliphatic carbocycles. The molecule has 0 spiro atoms. The molecule has 0 radical (unpaired) electrons. The van der Waals surface area contributed by atoms with Crippen LogP contribution in [0.4, 0.5) is 0 Å². The highest BCUT2D eigenvalue weighted by atomic mass is 16.3. The van der Waals surface area contributed by atoms with Gasteiger partial charge in [0.25, 0.3) is 0 Å². The molecule has 9 nitrogen and oxygen atoms in total. The number of carbonyl (C=O) groups is 2. The number of aromatic nitrogens is 4. The molecular formula is C25H36N6O3. The molecule has 0 aromatic carbocycles. The molecule has 2 aliphatic rings. The average molecular weight is 469 g/mol. The molecule has 2 aromatic rings. The minimum absolute atomic E-state index is 0.126. The first-order valence-corrected chi connectivity index (χ1v) is 12.1. The highest BCUT2D eigenvalue weighted by molar-refractivity contribution is 5.90. The molecule has 184 valence electrons. The molecule has 2 aromatic heterocycles. The van der Waals surface area contributed by atoms with Crippen molar-refractivity contribution in [3.05, 3.63) is 42.0 Å². The van der Waals surface area contributed by atoms with Crippen LogP contribution in [-0.2, 0) is 15.0 Å². The first kappa shape index (κ1) is 24.3. The maximum Gasteiger partial charge on any atom is 0.248 e. The van der Waals surface area contributed by atoms with E-state index in [1.165, 1.54) is 4.90 Å². The van der Waals surface area contributed by atoms with Gasteiger partial charge in [0.1, 0.15) is 12.1 Å². The van der Waals surface area contributed by atoms with Crippen LogP contribution in [0.25, 0.3) is 0 Å². The minimum atomic E-state index is -0.744. The summed E-state index contributed by atoms with van der Waals surface area (Å²) in [7, 11) is 0. The fraction of sp³-hybridized carbons (Fsp3) is 0.640. The van der Waals surface area contributed by atoms with E-state index in [9.17, 15) is 14.7 Å². The monoisotopic (exact) mass is 468 g/mol. The molecule has 2 unspecified atom stereocenters. The Labute approximate surface area is 200 Å². The molecule has 3 heterocycles. The number of aliphatic hydroxyl groups is 1. The third-order valence-corrected chi connectivity index (χ3v) is 6.87. The standard InChI is InChI=1S/C25H36N6O3/c1-24(2,3)21(31-14-19(28-29-31)16-6-7-16)23(34)30-13-18(32)12-20(30)22(33)27-15-25(4,5)17-8-10-26-11-9-17/h8-11,14,16,18,20-21,32H,6-7,12-13,15H2,1-5H3,(H,27,33)/t18?,20?,21-/m1/s1. The molecule has 9 heteroatoms. The number of nitrogens with zero attached hydrogens (tertiary/aromatic N) is 5. The Morgan fingerprint density at radius 2 is 1.85 bits per heavy atom. The molecule has 34 heavy (non-hydrogen) atoms. The number of likely N-dealkylation sites (tertiary alicyclic amines) is 1. The highest BCUT2D eigenvalue weighted by Crippen LogP contribution is 2.40. The van der Waals surface area contributed by atoms with Crippen molar-refractivity contribution < 1.29 is 14.7 Å². The molecule has 0 bridgehead atoms. The summed E-state index contributed by atoms with van der Waals surface area (Å²) in [6.45, 7) is 10.6. The summed E-state index contributed by atoms with van der Waals surface area (Å²) >= 11 is 0. The molecule has 1 aliphatic heterocycles. The number of pyridine rings is 1. The van der Waals surface area contributed by atoms with Crippen molar-refractivity contribution in [3.63, 3.8) is 0 Å². The predicted octanol–water partition coefficient (Wildman–Crippen LogP) is 2.19. The maximum absolute atomic E-state index is 13.8. The molecule has 4 rings (SSSR count).